The van der Waals surface area contributed by atoms with Crippen LogP contribution in [0.15, 0.2) is 18.2 Å². The van der Waals surface area contributed by atoms with Crippen molar-refractivity contribution in [3.05, 3.63) is 33.8 Å². The van der Waals surface area contributed by atoms with Crippen molar-refractivity contribution < 1.29 is 9.59 Å². The highest BCUT2D eigenvalue weighted by Gasteiger charge is 2.10. The summed E-state index contributed by atoms with van der Waals surface area (Å²) < 4.78 is 0. The van der Waals surface area contributed by atoms with E-state index >= 15 is 0 Å². The van der Waals surface area contributed by atoms with Gasteiger partial charge in [0.05, 0.1) is 6.42 Å². The summed E-state index contributed by atoms with van der Waals surface area (Å²) in [5.41, 5.74) is 5.87. The lowest BCUT2D eigenvalue weighted by atomic mass is 10.1. The fourth-order valence-electron chi connectivity index (χ4n) is 1.97. The minimum atomic E-state index is -0.280. The maximum atomic E-state index is 12.1. The van der Waals surface area contributed by atoms with Crippen molar-refractivity contribution in [1.82, 2.24) is 4.90 Å². The third-order valence-corrected chi connectivity index (χ3v) is 3.56. The van der Waals surface area contributed by atoms with Crippen molar-refractivity contribution in [2.75, 3.05) is 13.6 Å². The molecule has 0 saturated heterocycles. The molecule has 0 heterocycles. The lowest BCUT2D eigenvalue weighted by Crippen LogP contribution is -2.29. The highest BCUT2D eigenvalue weighted by molar-refractivity contribution is 6.34. The number of nitrogens with zero attached hydrogens (tertiary/aromatic N) is 1. The van der Waals surface area contributed by atoms with Gasteiger partial charge in [0.15, 0.2) is 0 Å². The molecule has 0 atom stereocenters. The van der Waals surface area contributed by atoms with Crippen LogP contribution in [0, 0.1) is 0 Å². The molecule has 0 radical (unpaired) electrons. The van der Waals surface area contributed by atoms with Crippen LogP contribution >= 0.6 is 23.2 Å². The zero-order valence-electron chi connectivity index (χ0n) is 12.1. The highest BCUT2D eigenvalue weighted by atomic mass is 35.5. The molecule has 4 nitrogen and oxygen atoms in total. The Labute approximate surface area is 135 Å². The first-order chi connectivity index (χ1) is 9.88. The maximum Gasteiger partial charge on any atom is 0.226 e. The fourth-order valence-corrected chi connectivity index (χ4v) is 2.54. The molecule has 0 saturated carbocycles. The Kier molecular flexibility index (Phi) is 7.54. The van der Waals surface area contributed by atoms with Crippen LogP contribution in [0.2, 0.25) is 10.0 Å². The number of likely N-dealkylation sites (N-methyl/N-ethyl adjacent to an activating group) is 1. The Morgan fingerprint density at radius 2 is 1.71 bits per heavy atom. The number of halogens is 2. The normalized spacial score (nSPS) is 10.4. The Morgan fingerprint density at radius 1 is 1.10 bits per heavy atom. The van der Waals surface area contributed by atoms with Gasteiger partial charge in [-0.15, -0.1) is 0 Å². The Hall–Kier alpha value is -1.26. The number of amides is 2. The van der Waals surface area contributed by atoms with Gasteiger partial charge in [0.2, 0.25) is 11.8 Å². The van der Waals surface area contributed by atoms with Gasteiger partial charge in [-0.3, -0.25) is 9.59 Å². The predicted molar refractivity (Wildman–Crippen MR) is 85.5 cm³/mol. The molecule has 0 aliphatic heterocycles. The molecule has 0 aromatic heterocycles. The molecule has 1 aromatic rings. The van der Waals surface area contributed by atoms with E-state index in [1.165, 1.54) is 0 Å². The summed E-state index contributed by atoms with van der Waals surface area (Å²) in [7, 11) is 1.77. The van der Waals surface area contributed by atoms with Crippen LogP contribution in [0.1, 0.15) is 31.2 Å². The van der Waals surface area contributed by atoms with Gasteiger partial charge in [0.1, 0.15) is 0 Å². The summed E-state index contributed by atoms with van der Waals surface area (Å²) >= 11 is 11.8. The monoisotopic (exact) mass is 330 g/mol. The number of carbonyl (C=O) groups is 2. The molecule has 0 aliphatic rings. The smallest absolute Gasteiger partial charge is 0.226 e. The van der Waals surface area contributed by atoms with Crippen LogP contribution in [0.25, 0.3) is 0 Å². The first-order valence-corrected chi connectivity index (χ1v) is 7.61. The van der Waals surface area contributed by atoms with Gasteiger partial charge in [-0.1, -0.05) is 29.6 Å². The minimum absolute atomic E-state index is 0.0169. The highest BCUT2D eigenvalue weighted by Crippen LogP contribution is 2.19. The molecule has 2 N–H and O–H groups in total. The summed E-state index contributed by atoms with van der Waals surface area (Å²) in [6, 6.07) is 5.12. The average Bonchev–Trinajstić information content (AvgIpc) is 2.36. The van der Waals surface area contributed by atoms with Crippen LogP contribution in [-0.2, 0) is 16.0 Å². The Balaban J connectivity index is 2.35. The lowest BCUT2D eigenvalue weighted by Gasteiger charge is -2.17. The summed E-state index contributed by atoms with van der Waals surface area (Å²) in [5.74, 6) is -0.263. The third kappa shape index (κ3) is 7.34. The SMILES string of the molecule is CN(CCCCCC(N)=O)C(=O)Cc1cc(Cl)cc(Cl)c1. The quantitative estimate of drug-likeness (QED) is 0.744. The second kappa shape index (κ2) is 8.90. The van der Waals surface area contributed by atoms with E-state index in [1.54, 1.807) is 30.1 Å². The second-order valence-electron chi connectivity index (χ2n) is 5.05. The molecule has 2 amide bonds. The molecule has 0 aliphatic carbocycles. The molecular weight excluding hydrogens is 311 g/mol. The summed E-state index contributed by atoms with van der Waals surface area (Å²) in [4.78, 5) is 24.4. The molecule has 116 valence electrons. The number of nitrogens with two attached hydrogens (primary N) is 1. The van der Waals surface area contributed by atoms with E-state index in [-0.39, 0.29) is 18.2 Å². The minimum Gasteiger partial charge on any atom is -0.370 e. The molecular formula is C15H20Cl2N2O2. The van der Waals surface area contributed by atoms with Crippen LogP contribution in [0.5, 0.6) is 0 Å². The largest absolute Gasteiger partial charge is 0.370 e. The maximum absolute atomic E-state index is 12.1. The fraction of sp³-hybridized carbons (Fsp3) is 0.467. The van der Waals surface area contributed by atoms with Gasteiger partial charge in [0.25, 0.3) is 0 Å². The first-order valence-electron chi connectivity index (χ1n) is 6.85. The molecule has 21 heavy (non-hydrogen) atoms. The third-order valence-electron chi connectivity index (χ3n) is 3.12. The van der Waals surface area contributed by atoms with Gasteiger partial charge in [-0.05, 0) is 36.6 Å². The molecule has 0 spiro atoms. The van der Waals surface area contributed by atoms with Crippen molar-refractivity contribution in [1.29, 1.82) is 0 Å². The van der Waals surface area contributed by atoms with E-state index in [9.17, 15) is 9.59 Å². The number of hydrogen-bond donors (Lipinski definition) is 1. The van der Waals surface area contributed by atoms with Gasteiger partial charge >= 0.3 is 0 Å². The lowest BCUT2D eigenvalue weighted by molar-refractivity contribution is -0.129. The first kappa shape index (κ1) is 17.8. The molecule has 0 unspecified atom stereocenters. The molecule has 0 bridgehead atoms. The topological polar surface area (TPSA) is 63.4 Å². The average molecular weight is 331 g/mol. The molecule has 1 rings (SSSR count). The molecule has 6 heteroatoms. The zero-order chi connectivity index (χ0) is 15.8. The molecule has 1 aromatic carbocycles. The van der Waals surface area contributed by atoms with Gasteiger partial charge in [-0.25, -0.2) is 0 Å². The number of rotatable bonds is 8. The van der Waals surface area contributed by atoms with Gasteiger partial charge in [0, 0.05) is 30.1 Å². The Bertz CT molecular complexity index is 486. The van der Waals surface area contributed by atoms with Gasteiger partial charge in [-0.2, -0.15) is 0 Å². The van der Waals surface area contributed by atoms with E-state index in [2.05, 4.69) is 0 Å². The van der Waals surface area contributed by atoms with E-state index in [1.807, 2.05) is 0 Å². The van der Waals surface area contributed by atoms with Crippen LogP contribution < -0.4 is 5.73 Å². The van der Waals surface area contributed by atoms with Gasteiger partial charge < -0.3 is 10.6 Å². The number of benzene rings is 1. The predicted octanol–water partition coefficient (Wildman–Crippen LogP) is 3.04. The summed E-state index contributed by atoms with van der Waals surface area (Å²) in [6.07, 6.45) is 3.17. The molecule has 0 fully saturated rings. The zero-order valence-corrected chi connectivity index (χ0v) is 13.6. The van der Waals surface area contributed by atoms with Crippen molar-refractivity contribution in [3.8, 4) is 0 Å². The van der Waals surface area contributed by atoms with Crippen molar-refractivity contribution in [3.63, 3.8) is 0 Å². The van der Waals surface area contributed by atoms with Crippen molar-refractivity contribution in [2.45, 2.75) is 32.1 Å². The number of unbranched alkanes of at least 4 members (excludes halogenated alkanes) is 2. The standard InChI is InChI=1S/C15H20Cl2N2O2/c1-19(6-4-2-3-5-14(18)20)15(21)9-11-7-12(16)10-13(17)8-11/h7-8,10H,2-6,9H2,1H3,(H2,18,20). The number of primary amides is 1. The number of carbonyl (C=O) groups excluding carboxylic acids is 2. The van der Waals surface area contributed by atoms with Crippen LogP contribution in [0.4, 0.5) is 0 Å². The van der Waals surface area contributed by atoms with Crippen LogP contribution in [0.3, 0.4) is 0 Å². The van der Waals surface area contributed by atoms with E-state index in [0.717, 1.165) is 24.8 Å². The van der Waals surface area contributed by atoms with Crippen molar-refractivity contribution in [2.24, 2.45) is 5.73 Å². The van der Waals surface area contributed by atoms with Crippen LogP contribution in [-0.4, -0.2) is 30.3 Å². The van der Waals surface area contributed by atoms with E-state index in [4.69, 9.17) is 28.9 Å². The number of hydrogen-bond acceptors (Lipinski definition) is 2. The van der Waals surface area contributed by atoms with E-state index in [0.29, 0.717) is 23.0 Å². The Morgan fingerprint density at radius 3 is 2.29 bits per heavy atom. The second-order valence-corrected chi connectivity index (χ2v) is 5.92. The van der Waals surface area contributed by atoms with E-state index < -0.39 is 0 Å². The summed E-state index contributed by atoms with van der Waals surface area (Å²) in [6.45, 7) is 0.659. The van der Waals surface area contributed by atoms with Crippen molar-refractivity contribution >= 4 is 35.0 Å². The summed E-state index contributed by atoms with van der Waals surface area (Å²) in [5, 5.41) is 1.05.